The first-order valence-corrected chi connectivity index (χ1v) is 12.3. The van der Waals surface area contributed by atoms with Gasteiger partial charge in [-0.25, -0.2) is 19.3 Å². The van der Waals surface area contributed by atoms with E-state index in [1.54, 1.807) is 47.7 Å². The molecule has 5 aromatic heterocycles. The molecule has 0 saturated heterocycles. The summed E-state index contributed by atoms with van der Waals surface area (Å²) < 4.78 is 17.9. The molecule has 3 N–H and O–H groups in total. The van der Waals surface area contributed by atoms with E-state index >= 15 is 4.39 Å². The van der Waals surface area contributed by atoms with E-state index in [1.165, 1.54) is 0 Å². The highest BCUT2D eigenvalue weighted by Gasteiger charge is 2.21. The third-order valence-corrected chi connectivity index (χ3v) is 6.32. The van der Waals surface area contributed by atoms with Gasteiger partial charge in [-0.1, -0.05) is 13.3 Å². The minimum atomic E-state index is -0.466. The molecule has 0 saturated carbocycles. The summed E-state index contributed by atoms with van der Waals surface area (Å²) in [6, 6.07) is 6.96. The van der Waals surface area contributed by atoms with Gasteiger partial charge in [-0.2, -0.15) is 5.10 Å². The van der Waals surface area contributed by atoms with Gasteiger partial charge < -0.3 is 10.3 Å². The quantitative estimate of drug-likeness (QED) is 0.267. The number of anilines is 1. The van der Waals surface area contributed by atoms with E-state index in [0.29, 0.717) is 57.0 Å². The largest absolute Gasteiger partial charge is 0.336 e. The maximum atomic E-state index is 16.1. The third-order valence-electron chi connectivity index (χ3n) is 6.32. The molecule has 0 bridgehead atoms. The van der Waals surface area contributed by atoms with E-state index in [0.717, 1.165) is 24.1 Å². The second-order valence-electron chi connectivity index (χ2n) is 9.07. The van der Waals surface area contributed by atoms with Crippen LogP contribution in [0.1, 0.15) is 31.9 Å². The predicted octanol–water partition coefficient (Wildman–Crippen LogP) is 5.33. The second kappa shape index (κ2) is 9.51. The standard InChI is InChI=1S/C27H24FN9O/c1-3-4-5-21(38)32-17-10-16(11-29-12-17)18-6-7-19-22(23(18)28)25(36-35-19)26-33-20-8-9-30-27(24(20)34-26)37-13-15(2)31-14-37/h6-14H,3-5H2,1-2H3,(H,32,38)(H,33,34)(H,35,36). The molecule has 6 aromatic rings. The summed E-state index contributed by atoms with van der Waals surface area (Å²) in [6.45, 7) is 3.93. The Bertz CT molecular complexity index is 1800. The molecule has 0 aliphatic carbocycles. The summed E-state index contributed by atoms with van der Waals surface area (Å²) in [5, 5.41) is 10.4. The molecular weight excluding hydrogens is 485 g/mol. The summed E-state index contributed by atoms with van der Waals surface area (Å²) >= 11 is 0. The normalized spacial score (nSPS) is 11.4. The smallest absolute Gasteiger partial charge is 0.224 e. The van der Waals surface area contributed by atoms with Crippen molar-refractivity contribution in [2.75, 3.05) is 5.32 Å². The molecule has 1 amide bonds. The van der Waals surface area contributed by atoms with Crippen molar-refractivity contribution in [1.29, 1.82) is 0 Å². The molecular formula is C27H24FN9O. The fourth-order valence-corrected chi connectivity index (χ4v) is 4.44. The number of imidazole rings is 2. The molecule has 0 spiro atoms. The third kappa shape index (κ3) is 4.17. The average Bonchev–Trinajstić information content (AvgIpc) is 3.65. The number of rotatable bonds is 7. The number of carbonyl (C=O) groups is 1. The first kappa shape index (κ1) is 23.5. The number of aryl methyl sites for hydroxylation is 1. The topological polar surface area (TPSA) is 130 Å². The van der Waals surface area contributed by atoms with Gasteiger partial charge in [0.05, 0.1) is 34.0 Å². The number of hydrogen-bond acceptors (Lipinski definition) is 6. The number of pyridine rings is 2. The Morgan fingerprint density at radius 2 is 2.05 bits per heavy atom. The van der Waals surface area contributed by atoms with Gasteiger partial charge in [-0.05, 0) is 37.6 Å². The van der Waals surface area contributed by atoms with Gasteiger partial charge in [-0.15, -0.1) is 0 Å². The minimum absolute atomic E-state index is 0.0940. The Balaban J connectivity index is 1.41. The van der Waals surface area contributed by atoms with Gasteiger partial charge in [0.1, 0.15) is 23.4 Å². The maximum Gasteiger partial charge on any atom is 0.224 e. The lowest BCUT2D eigenvalue weighted by molar-refractivity contribution is -0.116. The summed E-state index contributed by atoms with van der Waals surface area (Å²) in [4.78, 5) is 33.1. The number of hydrogen-bond donors (Lipinski definition) is 3. The van der Waals surface area contributed by atoms with Crippen molar-refractivity contribution in [2.24, 2.45) is 0 Å². The van der Waals surface area contributed by atoms with Crippen LogP contribution in [0.3, 0.4) is 0 Å². The van der Waals surface area contributed by atoms with E-state index in [9.17, 15) is 4.79 Å². The molecule has 0 radical (unpaired) electrons. The number of carbonyl (C=O) groups excluding carboxylic acids is 1. The van der Waals surface area contributed by atoms with Crippen LogP contribution in [-0.2, 0) is 4.79 Å². The van der Waals surface area contributed by atoms with Crippen LogP contribution in [0.2, 0.25) is 0 Å². The molecule has 0 aliphatic rings. The number of aromatic amines is 2. The first-order valence-electron chi connectivity index (χ1n) is 12.3. The van der Waals surface area contributed by atoms with E-state index < -0.39 is 5.82 Å². The summed E-state index contributed by atoms with van der Waals surface area (Å²) in [6.07, 6.45) is 10.5. The number of aromatic nitrogens is 8. The van der Waals surface area contributed by atoms with Crippen LogP contribution in [-0.4, -0.2) is 45.6 Å². The van der Waals surface area contributed by atoms with Crippen LogP contribution in [0.25, 0.3) is 50.4 Å². The molecule has 190 valence electrons. The van der Waals surface area contributed by atoms with Crippen molar-refractivity contribution in [3.8, 4) is 28.5 Å². The number of benzene rings is 1. The van der Waals surface area contributed by atoms with Crippen LogP contribution in [0.5, 0.6) is 0 Å². The number of amides is 1. The fourth-order valence-electron chi connectivity index (χ4n) is 4.44. The number of nitrogens with one attached hydrogen (secondary N) is 3. The highest BCUT2D eigenvalue weighted by atomic mass is 19.1. The predicted molar refractivity (Wildman–Crippen MR) is 142 cm³/mol. The van der Waals surface area contributed by atoms with Crippen LogP contribution in [0.15, 0.2) is 55.4 Å². The second-order valence-corrected chi connectivity index (χ2v) is 9.07. The summed E-state index contributed by atoms with van der Waals surface area (Å²) in [7, 11) is 0. The molecule has 0 aliphatic heterocycles. The molecule has 0 unspecified atom stereocenters. The van der Waals surface area contributed by atoms with E-state index in [2.05, 4.69) is 35.5 Å². The molecule has 5 heterocycles. The molecule has 0 atom stereocenters. The van der Waals surface area contributed by atoms with Gasteiger partial charge in [-0.3, -0.25) is 19.4 Å². The van der Waals surface area contributed by atoms with Crippen molar-refractivity contribution in [3.63, 3.8) is 0 Å². The monoisotopic (exact) mass is 509 g/mol. The van der Waals surface area contributed by atoms with E-state index in [4.69, 9.17) is 4.98 Å². The Kier molecular flexibility index (Phi) is 5.87. The van der Waals surface area contributed by atoms with Gasteiger partial charge in [0.25, 0.3) is 0 Å². The van der Waals surface area contributed by atoms with E-state index in [1.807, 2.05) is 26.1 Å². The molecule has 38 heavy (non-hydrogen) atoms. The number of nitrogens with zero attached hydrogens (tertiary/aromatic N) is 6. The lowest BCUT2D eigenvalue weighted by atomic mass is 10.0. The van der Waals surface area contributed by atoms with Crippen LogP contribution in [0, 0.1) is 12.7 Å². The van der Waals surface area contributed by atoms with Crippen molar-refractivity contribution in [2.45, 2.75) is 33.1 Å². The molecule has 6 rings (SSSR count). The van der Waals surface area contributed by atoms with Crippen LogP contribution < -0.4 is 5.32 Å². The lowest BCUT2D eigenvalue weighted by Crippen LogP contribution is -2.11. The zero-order valence-electron chi connectivity index (χ0n) is 20.8. The Labute approximate surface area is 216 Å². The van der Waals surface area contributed by atoms with Crippen molar-refractivity contribution in [1.82, 2.24) is 39.7 Å². The minimum Gasteiger partial charge on any atom is -0.336 e. The van der Waals surface area contributed by atoms with Crippen LogP contribution in [0.4, 0.5) is 10.1 Å². The number of unbranched alkanes of at least 4 members (excludes halogenated alkanes) is 1. The Morgan fingerprint density at radius 1 is 1.16 bits per heavy atom. The highest BCUT2D eigenvalue weighted by Crippen LogP contribution is 2.34. The zero-order chi connectivity index (χ0) is 26.2. The van der Waals surface area contributed by atoms with Gasteiger partial charge in [0, 0.05) is 36.1 Å². The number of H-pyrrole nitrogens is 2. The molecule has 10 nitrogen and oxygen atoms in total. The van der Waals surface area contributed by atoms with E-state index in [-0.39, 0.29) is 5.91 Å². The average molecular weight is 510 g/mol. The Morgan fingerprint density at radius 3 is 2.87 bits per heavy atom. The highest BCUT2D eigenvalue weighted by molar-refractivity contribution is 5.97. The van der Waals surface area contributed by atoms with Crippen molar-refractivity contribution < 1.29 is 9.18 Å². The van der Waals surface area contributed by atoms with Gasteiger partial charge in [0.15, 0.2) is 11.6 Å². The molecule has 11 heteroatoms. The van der Waals surface area contributed by atoms with Crippen LogP contribution >= 0.6 is 0 Å². The summed E-state index contributed by atoms with van der Waals surface area (Å²) in [5.74, 6) is 0.453. The molecule has 0 fully saturated rings. The SMILES string of the molecule is CCCCC(=O)Nc1cncc(-c2ccc3[nH]nc(-c4nc5c(-n6cnc(C)c6)nccc5[nH]4)c3c2F)c1. The van der Waals surface area contributed by atoms with Crippen molar-refractivity contribution in [3.05, 3.63) is 66.9 Å². The lowest BCUT2D eigenvalue weighted by Gasteiger charge is -2.08. The summed E-state index contributed by atoms with van der Waals surface area (Å²) in [5.41, 5.74) is 4.47. The molecule has 1 aromatic carbocycles. The Hall–Kier alpha value is -4.93. The number of fused-ring (bicyclic) bond motifs is 2. The first-order chi connectivity index (χ1) is 18.5. The fraction of sp³-hybridized carbons (Fsp3) is 0.185. The van der Waals surface area contributed by atoms with Crippen molar-refractivity contribution >= 4 is 33.5 Å². The zero-order valence-corrected chi connectivity index (χ0v) is 20.8. The van der Waals surface area contributed by atoms with Gasteiger partial charge in [0.2, 0.25) is 5.91 Å². The number of halogens is 1. The van der Waals surface area contributed by atoms with Gasteiger partial charge >= 0.3 is 0 Å². The maximum absolute atomic E-state index is 16.1.